The van der Waals surface area contributed by atoms with Crippen molar-refractivity contribution in [1.82, 2.24) is 4.98 Å². The van der Waals surface area contributed by atoms with Crippen molar-refractivity contribution >= 4 is 11.6 Å². The van der Waals surface area contributed by atoms with E-state index in [1.165, 1.54) is 0 Å². The Morgan fingerprint density at radius 3 is 2.89 bits per heavy atom. The third kappa shape index (κ3) is 3.00. The van der Waals surface area contributed by atoms with E-state index in [1.807, 2.05) is 13.0 Å². The summed E-state index contributed by atoms with van der Waals surface area (Å²) in [5.74, 6) is 0.531. The monoisotopic (exact) mass is 263 g/mol. The summed E-state index contributed by atoms with van der Waals surface area (Å²) in [4.78, 5) is 4.10. The number of benzene rings is 1. The molecule has 1 aromatic carbocycles. The van der Waals surface area contributed by atoms with Crippen molar-refractivity contribution in [3.8, 4) is 5.75 Å². The van der Waals surface area contributed by atoms with E-state index in [1.54, 1.807) is 30.6 Å². The smallest absolute Gasteiger partial charge is 0.143 e. The molecule has 1 heterocycles. The fourth-order valence-electron chi connectivity index (χ4n) is 1.69. The number of para-hydroxylation sites is 1. The summed E-state index contributed by atoms with van der Waals surface area (Å²) >= 11 is 6.05. The second-order valence-electron chi connectivity index (χ2n) is 4.05. The molecule has 0 saturated carbocycles. The standard InChI is InChI=1S/C14H14ClNO2/c1-10-5-11(7-16-6-10)9-18-14-12(8-17)3-2-4-13(14)15/h2-7,17H,8-9H2,1H3. The number of hydrogen-bond acceptors (Lipinski definition) is 3. The number of aliphatic hydroxyl groups excluding tert-OH is 1. The number of nitrogens with zero attached hydrogens (tertiary/aromatic N) is 1. The van der Waals surface area contributed by atoms with Gasteiger partial charge in [0.1, 0.15) is 12.4 Å². The molecule has 3 nitrogen and oxygen atoms in total. The van der Waals surface area contributed by atoms with Crippen molar-refractivity contribution in [2.75, 3.05) is 0 Å². The van der Waals surface area contributed by atoms with E-state index in [0.717, 1.165) is 11.1 Å². The van der Waals surface area contributed by atoms with Crippen molar-refractivity contribution in [2.45, 2.75) is 20.1 Å². The van der Waals surface area contributed by atoms with Crippen LogP contribution in [0.5, 0.6) is 5.75 Å². The van der Waals surface area contributed by atoms with Crippen LogP contribution in [0, 0.1) is 6.92 Å². The molecule has 2 rings (SSSR count). The van der Waals surface area contributed by atoms with Gasteiger partial charge in [-0.1, -0.05) is 23.7 Å². The Bertz CT molecular complexity index is 543. The molecule has 2 aromatic rings. The van der Waals surface area contributed by atoms with E-state index in [-0.39, 0.29) is 6.61 Å². The van der Waals surface area contributed by atoms with Crippen molar-refractivity contribution in [2.24, 2.45) is 0 Å². The lowest BCUT2D eigenvalue weighted by molar-refractivity contribution is 0.259. The van der Waals surface area contributed by atoms with Gasteiger partial charge in [-0.25, -0.2) is 0 Å². The third-order valence-corrected chi connectivity index (χ3v) is 2.83. The highest BCUT2D eigenvalue weighted by Crippen LogP contribution is 2.29. The van der Waals surface area contributed by atoms with Crippen LogP contribution in [0.15, 0.2) is 36.7 Å². The highest BCUT2D eigenvalue weighted by molar-refractivity contribution is 6.32. The maximum Gasteiger partial charge on any atom is 0.143 e. The molecule has 1 N–H and O–H groups in total. The molecule has 0 aliphatic rings. The SMILES string of the molecule is Cc1cncc(COc2c(Cl)cccc2CO)c1. The first-order valence-corrected chi connectivity index (χ1v) is 6.00. The van der Waals surface area contributed by atoms with E-state index in [9.17, 15) is 5.11 Å². The fraction of sp³-hybridized carbons (Fsp3) is 0.214. The molecule has 0 spiro atoms. The fourth-order valence-corrected chi connectivity index (χ4v) is 1.94. The summed E-state index contributed by atoms with van der Waals surface area (Å²) in [6.07, 6.45) is 3.54. The summed E-state index contributed by atoms with van der Waals surface area (Å²) in [5.41, 5.74) is 2.74. The minimum Gasteiger partial charge on any atom is -0.487 e. The van der Waals surface area contributed by atoms with Gasteiger partial charge < -0.3 is 9.84 Å². The Kier molecular flexibility index (Phi) is 4.18. The lowest BCUT2D eigenvalue weighted by atomic mass is 10.2. The van der Waals surface area contributed by atoms with E-state index >= 15 is 0 Å². The molecule has 0 unspecified atom stereocenters. The topological polar surface area (TPSA) is 42.4 Å². The molecule has 1 aromatic heterocycles. The molecule has 0 amide bonds. The van der Waals surface area contributed by atoms with E-state index in [2.05, 4.69) is 4.98 Å². The van der Waals surface area contributed by atoms with Gasteiger partial charge in [0.05, 0.1) is 11.6 Å². The number of ether oxygens (including phenoxy) is 1. The van der Waals surface area contributed by atoms with Crippen molar-refractivity contribution < 1.29 is 9.84 Å². The lowest BCUT2D eigenvalue weighted by Gasteiger charge is -2.11. The molecule has 0 radical (unpaired) electrons. The maximum absolute atomic E-state index is 9.23. The molecule has 0 bridgehead atoms. The van der Waals surface area contributed by atoms with Crippen LogP contribution in [0.1, 0.15) is 16.7 Å². The molecule has 4 heteroatoms. The summed E-state index contributed by atoms with van der Waals surface area (Å²) in [5, 5.41) is 9.74. The Hall–Kier alpha value is -1.58. The van der Waals surface area contributed by atoms with E-state index in [4.69, 9.17) is 16.3 Å². The molecular formula is C14H14ClNO2. The number of halogens is 1. The van der Waals surface area contributed by atoms with Gasteiger partial charge in [-0.3, -0.25) is 4.98 Å². The first-order valence-electron chi connectivity index (χ1n) is 5.62. The predicted molar refractivity (Wildman–Crippen MR) is 70.7 cm³/mol. The van der Waals surface area contributed by atoms with Crippen molar-refractivity contribution in [1.29, 1.82) is 0 Å². The van der Waals surface area contributed by atoms with Gasteiger partial charge >= 0.3 is 0 Å². The molecule has 0 atom stereocenters. The molecule has 0 aliphatic heterocycles. The van der Waals surface area contributed by atoms with Crippen LogP contribution < -0.4 is 4.74 Å². The van der Waals surface area contributed by atoms with Gasteiger partial charge in [0, 0.05) is 23.5 Å². The van der Waals surface area contributed by atoms with Crippen LogP contribution in [0.3, 0.4) is 0 Å². The first-order chi connectivity index (χ1) is 8.70. The number of aliphatic hydroxyl groups is 1. The van der Waals surface area contributed by atoms with Gasteiger partial charge in [0.2, 0.25) is 0 Å². The average molecular weight is 264 g/mol. The minimum atomic E-state index is -0.0953. The van der Waals surface area contributed by atoms with Crippen LogP contribution >= 0.6 is 11.6 Å². The van der Waals surface area contributed by atoms with E-state index in [0.29, 0.717) is 22.9 Å². The number of pyridine rings is 1. The zero-order chi connectivity index (χ0) is 13.0. The van der Waals surface area contributed by atoms with Crippen molar-refractivity contribution in [3.63, 3.8) is 0 Å². The second-order valence-corrected chi connectivity index (χ2v) is 4.45. The highest BCUT2D eigenvalue weighted by Gasteiger charge is 2.07. The van der Waals surface area contributed by atoms with Crippen LogP contribution in [-0.4, -0.2) is 10.1 Å². The Morgan fingerprint density at radius 2 is 2.17 bits per heavy atom. The zero-order valence-electron chi connectivity index (χ0n) is 10.1. The van der Waals surface area contributed by atoms with Crippen LogP contribution in [-0.2, 0) is 13.2 Å². The number of aromatic nitrogens is 1. The van der Waals surface area contributed by atoms with Gasteiger partial charge in [-0.2, -0.15) is 0 Å². The molecule has 0 saturated heterocycles. The molecule has 18 heavy (non-hydrogen) atoms. The van der Waals surface area contributed by atoms with E-state index < -0.39 is 0 Å². The maximum atomic E-state index is 9.23. The van der Waals surface area contributed by atoms with Gasteiger partial charge in [-0.05, 0) is 24.6 Å². The molecule has 0 aliphatic carbocycles. The normalized spacial score (nSPS) is 10.4. The largest absolute Gasteiger partial charge is 0.487 e. The van der Waals surface area contributed by atoms with Crippen molar-refractivity contribution in [3.05, 3.63) is 58.4 Å². The van der Waals surface area contributed by atoms with Gasteiger partial charge in [0.25, 0.3) is 0 Å². The highest BCUT2D eigenvalue weighted by atomic mass is 35.5. The third-order valence-electron chi connectivity index (χ3n) is 2.53. The minimum absolute atomic E-state index is 0.0953. The summed E-state index contributed by atoms with van der Waals surface area (Å²) in [6.45, 7) is 2.26. The van der Waals surface area contributed by atoms with Crippen LogP contribution in [0.25, 0.3) is 0 Å². The Balaban J connectivity index is 2.15. The number of hydrogen-bond donors (Lipinski definition) is 1. The van der Waals surface area contributed by atoms with Crippen LogP contribution in [0.4, 0.5) is 0 Å². The second kappa shape index (κ2) is 5.85. The predicted octanol–water partition coefficient (Wildman–Crippen LogP) is 3.11. The van der Waals surface area contributed by atoms with Gasteiger partial charge in [0.15, 0.2) is 0 Å². The molecular weight excluding hydrogens is 250 g/mol. The summed E-state index contributed by atoms with van der Waals surface area (Å²) in [7, 11) is 0. The molecule has 94 valence electrons. The van der Waals surface area contributed by atoms with Crippen LogP contribution in [0.2, 0.25) is 5.02 Å². The lowest BCUT2D eigenvalue weighted by Crippen LogP contribution is -2.00. The molecule has 0 fully saturated rings. The average Bonchev–Trinajstić information content (AvgIpc) is 2.37. The Morgan fingerprint density at radius 1 is 1.33 bits per heavy atom. The Labute approximate surface area is 111 Å². The summed E-state index contributed by atoms with van der Waals surface area (Å²) in [6, 6.07) is 7.32. The summed E-state index contributed by atoms with van der Waals surface area (Å²) < 4.78 is 5.67. The number of rotatable bonds is 4. The van der Waals surface area contributed by atoms with Gasteiger partial charge in [-0.15, -0.1) is 0 Å². The quantitative estimate of drug-likeness (QED) is 0.922. The zero-order valence-corrected chi connectivity index (χ0v) is 10.8. The number of aryl methyl sites for hydroxylation is 1. The first kappa shape index (κ1) is 12.9.